The van der Waals surface area contributed by atoms with Gasteiger partial charge in [-0.3, -0.25) is 9.69 Å². The molecular formula is C15H19N3O4. The molecule has 1 unspecified atom stereocenters. The fourth-order valence-corrected chi connectivity index (χ4v) is 2.88. The van der Waals surface area contributed by atoms with Crippen molar-refractivity contribution in [2.45, 2.75) is 13.0 Å². The first-order valence-corrected chi connectivity index (χ1v) is 7.36. The lowest BCUT2D eigenvalue weighted by atomic mass is 10.1. The molecule has 2 aliphatic rings. The van der Waals surface area contributed by atoms with Gasteiger partial charge in [-0.1, -0.05) is 6.07 Å². The number of piperazine rings is 1. The summed E-state index contributed by atoms with van der Waals surface area (Å²) in [6.07, 6.45) is 0. The van der Waals surface area contributed by atoms with E-state index in [2.05, 4.69) is 10.2 Å². The summed E-state index contributed by atoms with van der Waals surface area (Å²) in [7, 11) is 0. The van der Waals surface area contributed by atoms with E-state index >= 15 is 0 Å². The number of rotatable bonds is 3. The molecule has 1 fully saturated rings. The van der Waals surface area contributed by atoms with Crippen molar-refractivity contribution in [3.8, 4) is 5.75 Å². The lowest BCUT2D eigenvalue weighted by Gasteiger charge is -2.38. The van der Waals surface area contributed by atoms with Gasteiger partial charge in [-0.25, -0.2) is 4.79 Å². The Balaban J connectivity index is 2.07. The van der Waals surface area contributed by atoms with Crippen LogP contribution >= 0.6 is 0 Å². The third-order valence-electron chi connectivity index (χ3n) is 4.04. The minimum Gasteiger partial charge on any atom is -0.481 e. The quantitative estimate of drug-likeness (QED) is 0.835. The van der Waals surface area contributed by atoms with Gasteiger partial charge in [0.05, 0.1) is 5.69 Å². The number of hydrogen-bond donors (Lipinski definition) is 2. The summed E-state index contributed by atoms with van der Waals surface area (Å²) < 4.78 is 5.50. The number of nitrogens with zero attached hydrogens (tertiary/aromatic N) is 2. The third-order valence-corrected chi connectivity index (χ3v) is 4.04. The Morgan fingerprint density at radius 3 is 2.77 bits per heavy atom. The molecule has 1 atom stereocenters. The van der Waals surface area contributed by atoms with Gasteiger partial charge in [0.15, 0.2) is 6.61 Å². The molecule has 0 radical (unpaired) electrons. The van der Waals surface area contributed by atoms with E-state index in [1.165, 1.54) is 11.8 Å². The van der Waals surface area contributed by atoms with Crippen LogP contribution in [0.5, 0.6) is 5.75 Å². The standard InChI is InChI=1S/C15H19N3O4/c1-10(15(20)21)18-13(19)9-22-12-4-2-3-11(14(12)18)17-7-5-16-6-8-17/h2-4,10,16H,5-9H2,1H3,(H,20,21). The normalized spacial score (nSPS) is 19.4. The summed E-state index contributed by atoms with van der Waals surface area (Å²) in [5, 5.41) is 12.6. The van der Waals surface area contributed by atoms with Gasteiger partial charge in [0.2, 0.25) is 0 Å². The van der Waals surface area contributed by atoms with Crippen molar-refractivity contribution in [1.82, 2.24) is 5.32 Å². The predicted octanol–water partition coefficient (Wildman–Crippen LogP) is 0.295. The van der Waals surface area contributed by atoms with Gasteiger partial charge in [-0.2, -0.15) is 0 Å². The zero-order valence-corrected chi connectivity index (χ0v) is 12.4. The average molecular weight is 305 g/mol. The van der Waals surface area contributed by atoms with Crippen LogP contribution in [0.15, 0.2) is 18.2 Å². The van der Waals surface area contributed by atoms with Gasteiger partial charge in [0.1, 0.15) is 17.5 Å². The van der Waals surface area contributed by atoms with Crippen molar-refractivity contribution in [3.63, 3.8) is 0 Å². The first-order valence-electron chi connectivity index (χ1n) is 7.36. The maximum absolute atomic E-state index is 12.2. The summed E-state index contributed by atoms with van der Waals surface area (Å²) in [5.74, 6) is -0.801. The Labute approximate surface area is 128 Å². The lowest BCUT2D eigenvalue weighted by Crippen LogP contribution is -2.50. The van der Waals surface area contributed by atoms with Crippen LogP contribution < -0.4 is 19.9 Å². The summed E-state index contributed by atoms with van der Waals surface area (Å²) in [6.45, 7) is 4.71. The van der Waals surface area contributed by atoms with Gasteiger partial charge in [0, 0.05) is 26.2 Å². The van der Waals surface area contributed by atoms with Crippen LogP contribution in [0, 0.1) is 0 Å². The van der Waals surface area contributed by atoms with Crippen molar-refractivity contribution in [3.05, 3.63) is 18.2 Å². The SMILES string of the molecule is CC(C(=O)O)N1C(=O)COc2cccc(N3CCNCC3)c21. The van der Waals surface area contributed by atoms with E-state index in [-0.39, 0.29) is 12.5 Å². The van der Waals surface area contributed by atoms with E-state index in [1.54, 1.807) is 6.07 Å². The second kappa shape index (κ2) is 5.84. The van der Waals surface area contributed by atoms with E-state index in [0.717, 1.165) is 31.9 Å². The molecule has 22 heavy (non-hydrogen) atoms. The Morgan fingerprint density at radius 2 is 2.09 bits per heavy atom. The molecule has 2 heterocycles. The molecule has 2 N–H and O–H groups in total. The smallest absolute Gasteiger partial charge is 0.326 e. The van der Waals surface area contributed by atoms with Gasteiger partial charge >= 0.3 is 5.97 Å². The summed E-state index contributed by atoms with van der Waals surface area (Å²) >= 11 is 0. The number of anilines is 2. The van der Waals surface area contributed by atoms with Gasteiger partial charge in [0.25, 0.3) is 5.91 Å². The van der Waals surface area contributed by atoms with Crippen molar-refractivity contribution in [1.29, 1.82) is 0 Å². The van der Waals surface area contributed by atoms with Crippen molar-refractivity contribution in [2.24, 2.45) is 0 Å². The highest BCUT2D eigenvalue weighted by atomic mass is 16.5. The third kappa shape index (κ3) is 2.48. The highest BCUT2D eigenvalue weighted by molar-refractivity contribution is 6.05. The zero-order valence-electron chi connectivity index (χ0n) is 12.4. The number of hydrogen-bond acceptors (Lipinski definition) is 5. The minimum atomic E-state index is -1.03. The minimum absolute atomic E-state index is 0.129. The van der Waals surface area contributed by atoms with Crippen LogP contribution in [0.1, 0.15) is 6.92 Å². The summed E-state index contributed by atoms with van der Waals surface area (Å²) in [6, 6.07) is 4.62. The Kier molecular flexibility index (Phi) is 3.89. The maximum atomic E-state index is 12.2. The van der Waals surface area contributed by atoms with Crippen molar-refractivity contribution in [2.75, 3.05) is 42.6 Å². The number of para-hydroxylation sites is 1. The number of ether oxygens (including phenoxy) is 1. The molecule has 7 heteroatoms. The molecule has 0 spiro atoms. The summed E-state index contributed by atoms with van der Waals surface area (Å²) in [5.41, 5.74) is 1.41. The molecule has 1 amide bonds. The second-order valence-electron chi connectivity index (χ2n) is 5.43. The van der Waals surface area contributed by atoms with Gasteiger partial charge < -0.3 is 20.1 Å². The molecule has 7 nitrogen and oxygen atoms in total. The highest BCUT2D eigenvalue weighted by Gasteiger charge is 2.36. The molecule has 1 aromatic carbocycles. The lowest BCUT2D eigenvalue weighted by molar-refractivity contribution is -0.140. The monoisotopic (exact) mass is 305 g/mol. The summed E-state index contributed by atoms with van der Waals surface area (Å²) in [4.78, 5) is 27.1. The first kappa shape index (κ1) is 14.6. The van der Waals surface area contributed by atoms with E-state index in [9.17, 15) is 14.7 Å². The van der Waals surface area contributed by atoms with E-state index in [1.807, 2.05) is 12.1 Å². The molecule has 3 rings (SSSR count). The molecule has 0 bridgehead atoms. The predicted molar refractivity (Wildman–Crippen MR) is 81.6 cm³/mol. The maximum Gasteiger partial charge on any atom is 0.326 e. The van der Waals surface area contributed by atoms with Crippen molar-refractivity contribution < 1.29 is 19.4 Å². The number of carbonyl (C=O) groups excluding carboxylic acids is 1. The molecule has 1 saturated heterocycles. The van der Waals surface area contributed by atoms with E-state index in [4.69, 9.17) is 4.74 Å². The highest BCUT2D eigenvalue weighted by Crippen LogP contribution is 2.41. The van der Waals surface area contributed by atoms with Gasteiger partial charge in [-0.15, -0.1) is 0 Å². The number of benzene rings is 1. The number of aliphatic carboxylic acids is 1. The second-order valence-corrected chi connectivity index (χ2v) is 5.43. The molecule has 0 saturated carbocycles. The van der Waals surface area contributed by atoms with Crippen LogP contribution in [0.25, 0.3) is 0 Å². The molecule has 1 aromatic rings. The number of fused-ring (bicyclic) bond motifs is 1. The van der Waals surface area contributed by atoms with Crippen LogP contribution in [-0.2, 0) is 9.59 Å². The first-order chi connectivity index (χ1) is 10.6. The van der Waals surface area contributed by atoms with Gasteiger partial charge in [-0.05, 0) is 19.1 Å². The zero-order chi connectivity index (χ0) is 15.7. The molecule has 2 aliphatic heterocycles. The topological polar surface area (TPSA) is 82.1 Å². The molecule has 118 valence electrons. The van der Waals surface area contributed by atoms with Crippen LogP contribution in [-0.4, -0.2) is 55.8 Å². The average Bonchev–Trinajstić information content (AvgIpc) is 2.54. The molecule has 0 aliphatic carbocycles. The Bertz CT molecular complexity index is 598. The largest absolute Gasteiger partial charge is 0.481 e. The van der Waals surface area contributed by atoms with Crippen molar-refractivity contribution >= 4 is 23.3 Å². The van der Waals surface area contributed by atoms with E-state index < -0.39 is 12.0 Å². The number of nitrogens with one attached hydrogen (secondary N) is 1. The van der Waals surface area contributed by atoms with Crippen LogP contribution in [0.2, 0.25) is 0 Å². The fraction of sp³-hybridized carbons (Fsp3) is 0.467. The molecule has 0 aromatic heterocycles. The fourth-order valence-electron chi connectivity index (χ4n) is 2.88. The van der Waals surface area contributed by atoms with E-state index in [0.29, 0.717) is 11.4 Å². The van der Waals surface area contributed by atoms with Crippen LogP contribution in [0.4, 0.5) is 11.4 Å². The van der Waals surface area contributed by atoms with Crippen LogP contribution in [0.3, 0.4) is 0 Å². The number of carboxylic acids is 1. The Morgan fingerprint density at radius 1 is 1.36 bits per heavy atom. The number of amides is 1. The molecular weight excluding hydrogens is 286 g/mol. The number of carbonyl (C=O) groups is 2. The number of carboxylic acid groups (broad SMARTS) is 1. The Hall–Kier alpha value is -2.28.